The highest BCUT2D eigenvalue weighted by Gasteiger charge is 2.18. The number of nitrogens with zero attached hydrogens (tertiary/aromatic N) is 3. The summed E-state index contributed by atoms with van der Waals surface area (Å²) in [6.45, 7) is 8.14. The number of carbonyl (C=O) groups is 1. The van der Waals surface area contributed by atoms with Crippen molar-refractivity contribution in [1.82, 2.24) is 24.9 Å². The molecule has 0 bridgehead atoms. The van der Waals surface area contributed by atoms with Gasteiger partial charge < -0.3 is 10.3 Å². The highest BCUT2D eigenvalue weighted by molar-refractivity contribution is 7.14. The topological polar surface area (TPSA) is 75.1 Å². The number of aromatic nitrogens is 4. The van der Waals surface area contributed by atoms with Crippen LogP contribution in [0.3, 0.4) is 0 Å². The Hall–Kier alpha value is -2.67. The summed E-state index contributed by atoms with van der Waals surface area (Å²) in [4.78, 5) is 21.4. The first-order valence-corrected chi connectivity index (χ1v) is 9.47. The summed E-state index contributed by atoms with van der Waals surface area (Å²) >= 11 is 1.48. The maximum absolute atomic E-state index is 12.6. The minimum absolute atomic E-state index is 0.00928. The van der Waals surface area contributed by atoms with Crippen molar-refractivity contribution in [2.24, 2.45) is 0 Å². The number of benzene rings is 1. The molecule has 2 N–H and O–H groups in total. The number of imidazole rings is 1. The average molecular weight is 367 g/mol. The lowest BCUT2D eigenvalue weighted by Crippen LogP contribution is -2.28. The zero-order chi connectivity index (χ0) is 18.4. The number of carbonyl (C=O) groups excluding carboxylic acids is 1. The van der Waals surface area contributed by atoms with Gasteiger partial charge in [0.1, 0.15) is 5.51 Å². The Morgan fingerprint density at radius 2 is 2.15 bits per heavy atom. The van der Waals surface area contributed by atoms with Crippen molar-refractivity contribution < 1.29 is 4.79 Å². The van der Waals surface area contributed by atoms with Crippen LogP contribution in [0.5, 0.6) is 0 Å². The molecule has 0 spiro atoms. The first kappa shape index (κ1) is 16.8. The molecule has 3 aromatic heterocycles. The summed E-state index contributed by atoms with van der Waals surface area (Å²) in [7, 11) is 0. The van der Waals surface area contributed by atoms with Crippen LogP contribution in [0.2, 0.25) is 0 Å². The van der Waals surface area contributed by atoms with Crippen LogP contribution in [0.1, 0.15) is 41.0 Å². The fourth-order valence-corrected chi connectivity index (χ4v) is 4.06. The fraction of sp³-hybridized carbons (Fsp3) is 0.316. The molecular weight excluding hydrogens is 346 g/mol. The van der Waals surface area contributed by atoms with Crippen LogP contribution in [0, 0.1) is 20.8 Å². The molecule has 0 fully saturated rings. The van der Waals surface area contributed by atoms with Crippen LogP contribution >= 0.6 is 11.3 Å². The zero-order valence-corrected chi connectivity index (χ0v) is 16.1. The van der Waals surface area contributed by atoms with Crippen LogP contribution in [-0.4, -0.2) is 25.5 Å². The van der Waals surface area contributed by atoms with Crippen LogP contribution in [0.25, 0.3) is 15.9 Å². The van der Waals surface area contributed by atoms with Gasteiger partial charge in [0.05, 0.1) is 24.4 Å². The Morgan fingerprint density at radius 3 is 2.92 bits per heavy atom. The van der Waals surface area contributed by atoms with E-state index in [1.165, 1.54) is 22.5 Å². The maximum atomic E-state index is 12.6. The lowest BCUT2D eigenvalue weighted by atomic mass is 10.0. The molecule has 26 heavy (non-hydrogen) atoms. The molecule has 0 radical (unpaired) electrons. The van der Waals surface area contributed by atoms with Crippen molar-refractivity contribution in [2.45, 2.75) is 40.2 Å². The van der Waals surface area contributed by atoms with Crippen molar-refractivity contribution in [3.63, 3.8) is 0 Å². The Labute approximate surface area is 155 Å². The molecule has 1 atom stereocenters. The highest BCUT2D eigenvalue weighted by Crippen LogP contribution is 2.27. The average Bonchev–Trinajstić information content (AvgIpc) is 3.23. The van der Waals surface area contributed by atoms with E-state index in [9.17, 15) is 4.79 Å². The molecule has 0 saturated carbocycles. The van der Waals surface area contributed by atoms with Crippen molar-refractivity contribution in [3.05, 3.63) is 51.9 Å². The van der Waals surface area contributed by atoms with Gasteiger partial charge in [-0.1, -0.05) is 23.0 Å². The monoisotopic (exact) mass is 367 g/mol. The van der Waals surface area contributed by atoms with E-state index >= 15 is 0 Å². The number of fused-ring (bicyclic) bond motifs is 2. The number of amides is 1. The van der Waals surface area contributed by atoms with E-state index in [1.807, 2.05) is 20.0 Å². The largest absolute Gasteiger partial charge is 0.358 e. The minimum Gasteiger partial charge on any atom is -0.358 e. The van der Waals surface area contributed by atoms with Gasteiger partial charge in [0.25, 0.3) is 0 Å². The molecule has 6 nitrogen and oxygen atoms in total. The normalized spacial score (nSPS) is 12.8. The number of aryl methyl sites for hydroxylation is 3. The Bertz CT molecular complexity index is 1090. The van der Waals surface area contributed by atoms with Gasteiger partial charge in [-0.05, 0) is 44.9 Å². The quantitative estimate of drug-likeness (QED) is 0.578. The van der Waals surface area contributed by atoms with Crippen LogP contribution in [-0.2, 0) is 11.2 Å². The molecule has 134 valence electrons. The van der Waals surface area contributed by atoms with Crippen molar-refractivity contribution in [3.8, 4) is 0 Å². The second-order valence-electron chi connectivity index (χ2n) is 6.83. The number of rotatable bonds is 4. The van der Waals surface area contributed by atoms with Crippen LogP contribution in [0.15, 0.2) is 23.8 Å². The molecule has 1 aromatic carbocycles. The second-order valence-corrected chi connectivity index (χ2v) is 7.64. The smallest absolute Gasteiger partial charge is 0.225 e. The standard InChI is InChI=1S/C19H21N5OS/c1-10-5-11(2)18-15(6-10)14(12(3)22-18)7-17(25)21-13(4)16-8-24-19(23-16)26-9-20-24/h5-6,8-9,13,22H,7H2,1-4H3,(H,21,25)/t13-/m1/s1. The molecule has 0 aliphatic heterocycles. The first-order valence-electron chi connectivity index (χ1n) is 8.59. The Morgan fingerprint density at radius 1 is 1.35 bits per heavy atom. The lowest BCUT2D eigenvalue weighted by molar-refractivity contribution is -0.121. The minimum atomic E-state index is -0.162. The number of H-pyrrole nitrogens is 1. The van der Waals surface area contributed by atoms with E-state index in [4.69, 9.17) is 0 Å². The molecule has 1 amide bonds. The van der Waals surface area contributed by atoms with E-state index in [0.717, 1.165) is 32.8 Å². The Kier molecular flexibility index (Phi) is 4.03. The van der Waals surface area contributed by atoms with E-state index in [-0.39, 0.29) is 11.9 Å². The first-order chi connectivity index (χ1) is 12.4. The summed E-state index contributed by atoms with van der Waals surface area (Å²) < 4.78 is 1.73. The molecule has 3 heterocycles. The third-order valence-corrected chi connectivity index (χ3v) is 5.42. The summed E-state index contributed by atoms with van der Waals surface area (Å²) in [5, 5.41) is 8.37. The van der Waals surface area contributed by atoms with Crippen LogP contribution < -0.4 is 5.32 Å². The summed E-state index contributed by atoms with van der Waals surface area (Å²) in [5.74, 6) is -0.00928. The lowest BCUT2D eigenvalue weighted by Gasteiger charge is -2.11. The van der Waals surface area contributed by atoms with Gasteiger partial charge in [0.15, 0.2) is 0 Å². The predicted molar refractivity (Wildman–Crippen MR) is 104 cm³/mol. The molecule has 0 aliphatic rings. The number of nitrogens with one attached hydrogen (secondary N) is 2. The highest BCUT2D eigenvalue weighted by atomic mass is 32.1. The van der Waals surface area contributed by atoms with E-state index < -0.39 is 0 Å². The van der Waals surface area contributed by atoms with E-state index in [1.54, 1.807) is 10.0 Å². The van der Waals surface area contributed by atoms with Gasteiger partial charge >= 0.3 is 0 Å². The van der Waals surface area contributed by atoms with Crippen LogP contribution in [0.4, 0.5) is 0 Å². The van der Waals surface area contributed by atoms with Gasteiger partial charge in [-0.25, -0.2) is 9.50 Å². The van der Waals surface area contributed by atoms with Gasteiger partial charge in [0.2, 0.25) is 10.9 Å². The van der Waals surface area contributed by atoms with Crippen molar-refractivity contribution >= 4 is 33.1 Å². The van der Waals surface area contributed by atoms with Gasteiger partial charge in [0, 0.05) is 16.6 Å². The molecule has 0 unspecified atom stereocenters. The summed E-state index contributed by atoms with van der Waals surface area (Å²) in [6.07, 6.45) is 2.21. The molecule has 7 heteroatoms. The van der Waals surface area contributed by atoms with Gasteiger partial charge in [-0.2, -0.15) is 5.10 Å². The molecule has 4 rings (SSSR count). The van der Waals surface area contributed by atoms with E-state index in [2.05, 4.69) is 46.4 Å². The number of hydrogen-bond acceptors (Lipinski definition) is 4. The molecular formula is C19H21N5OS. The van der Waals surface area contributed by atoms with Crippen molar-refractivity contribution in [2.75, 3.05) is 0 Å². The third kappa shape index (κ3) is 2.88. The number of hydrogen-bond donors (Lipinski definition) is 2. The molecule has 4 aromatic rings. The number of aromatic amines is 1. The fourth-order valence-electron chi connectivity index (χ4n) is 3.46. The maximum Gasteiger partial charge on any atom is 0.225 e. The van der Waals surface area contributed by atoms with Crippen molar-refractivity contribution in [1.29, 1.82) is 0 Å². The second kappa shape index (κ2) is 6.25. The molecule has 0 aliphatic carbocycles. The molecule has 0 saturated heterocycles. The Balaban J connectivity index is 1.55. The zero-order valence-electron chi connectivity index (χ0n) is 15.3. The van der Waals surface area contributed by atoms with Gasteiger partial charge in [-0.15, -0.1) is 0 Å². The summed E-state index contributed by atoms with van der Waals surface area (Å²) in [5.41, 5.74) is 8.19. The summed E-state index contributed by atoms with van der Waals surface area (Å²) in [6, 6.07) is 4.14. The third-order valence-electron chi connectivity index (χ3n) is 4.73. The van der Waals surface area contributed by atoms with Gasteiger partial charge in [-0.3, -0.25) is 4.79 Å². The predicted octanol–water partition coefficient (Wildman–Crippen LogP) is 3.62. The van der Waals surface area contributed by atoms with E-state index in [0.29, 0.717) is 6.42 Å². The SMILES string of the molecule is Cc1cc(C)c2[nH]c(C)c(CC(=O)N[C@H](C)c3cn4ncsc4n3)c2c1.